The van der Waals surface area contributed by atoms with E-state index < -0.39 is 43.7 Å². The Hall–Kier alpha value is -1.29. The van der Waals surface area contributed by atoms with Crippen LogP contribution in [0, 0.1) is 0 Å². The molecule has 20 heavy (non-hydrogen) atoms. The first kappa shape index (κ1) is 15.1. The van der Waals surface area contributed by atoms with Gasteiger partial charge in [-0.1, -0.05) is 0 Å². The second-order valence-electron chi connectivity index (χ2n) is 4.56. The summed E-state index contributed by atoms with van der Waals surface area (Å²) in [6.45, 7) is -1.08. The molecule has 2 rings (SSSR count). The summed E-state index contributed by atoms with van der Waals surface area (Å²) in [6.07, 6.45) is -5.17. The van der Waals surface area contributed by atoms with E-state index in [2.05, 4.69) is 0 Å². The first-order valence-electron chi connectivity index (χ1n) is 6.02. The monoisotopic (exact) mass is 288 g/mol. The van der Waals surface area contributed by atoms with Crippen LogP contribution in [0.25, 0.3) is 0 Å². The van der Waals surface area contributed by atoms with E-state index in [-0.39, 0.29) is 16.9 Å². The van der Waals surface area contributed by atoms with Crippen LogP contribution < -0.4 is 0 Å². The zero-order valence-corrected chi connectivity index (χ0v) is 10.4. The topological polar surface area (TPSA) is 141 Å². The van der Waals surface area contributed by atoms with Crippen molar-refractivity contribution >= 4 is 6.29 Å². The molecule has 8 nitrogen and oxygen atoms in total. The van der Waals surface area contributed by atoms with Crippen LogP contribution in [-0.4, -0.2) is 62.8 Å². The molecule has 5 N–H and O–H groups in total. The molecule has 1 fully saturated rings. The predicted octanol–water partition coefficient (Wildman–Crippen LogP) is -1.90. The van der Waals surface area contributed by atoms with Crippen LogP contribution in [0.3, 0.4) is 0 Å². The highest BCUT2D eigenvalue weighted by Crippen LogP contribution is 2.35. The third-order valence-electron chi connectivity index (χ3n) is 3.42. The van der Waals surface area contributed by atoms with E-state index in [1.54, 1.807) is 0 Å². The largest absolute Gasteiger partial charge is 0.461 e. The molecular formula is C12H16O8. The highest BCUT2D eigenvalue weighted by atomic mass is 16.5. The van der Waals surface area contributed by atoms with E-state index >= 15 is 0 Å². The van der Waals surface area contributed by atoms with Crippen molar-refractivity contribution in [1.29, 1.82) is 0 Å². The maximum atomic E-state index is 10.8. The summed E-state index contributed by atoms with van der Waals surface area (Å²) < 4.78 is 10.3. The second kappa shape index (κ2) is 6.00. The summed E-state index contributed by atoms with van der Waals surface area (Å²) in [5.74, 6) is -0.112. The number of furan rings is 1. The molecule has 1 saturated heterocycles. The van der Waals surface area contributed by atoms with Crippen molar-refractivity contribution in [1.82, 2.24) is 0 Å². The number of rotatable bonds is 4. The highest BCUT2D eigenvalue weighted by molar-refractivity contribution is 5.73. The molecule has 0 aliphatic carbocycles. The molecule has 0 aromatic carbocycles. The van der Waals surface area contributed by atoms with Crippen molar-refractivity contribution in [3.05, 3.63) is 23.2 Å². The Morgan fingerprint density at radius 1 is 1.15 bits per heavy atom. The molecule has 0 amide bonds. The lowest BCUT2D eigenvalue weighted by molar-refractivity contribution is -0.232. The number of ether oxygens (including phenoxy) is 1. The Bertz CT molecular complexity index is 468. The van der Waals surface area contributed by atoms with Gasteiger partial charge in [0.25, 0.3) is 0 Å². The van der Waals surface area contributed by atoms with E-state index in [9.17, 15) is 25.2 Å². The Balaban J connectivity index is 2.36. The van der Waals surface area contributed by atoms with Crippen LogP contribution in [0.5, 0.6) is 0 Å². The Morgan fingerprint density at radius 3 is 2.40 bits per heavy atom. The predicted molar refractivity (Wildman–Crippen MR) is 62.7 cm³/mol. The maximum Gasteiger partial charge on any atom is 0.185 e. The molecule has 0 spiro atoms. The van der Waals surface area contributed by atoms with E-state index in [0.29, 0.717) is 6.29 Å². The molecule has 1 aliphatic heterocycles. The van der Waals surface area contributed by atoms with Crippen LogP contribution in [0.4, 0.5) is 0 Å². The molecule has 0 saturated carbocycles. The highest BCUT2D eigenvalue weighted by Gasteiger charge is 2.45. The van der Waals surface area contributed by atoms with Crippen molar-refractivity contribution in [2.75, 3.05) is 6.61 Å². The van der Waals surface area contributed by atoms with Gasteiger partial charge in [0, 0.05) is 11.1 Å². The van der Waals surface area contributed by atoms with Crippen LogP contribution >= 0.6 is 0 Å². The Labute approximate surface area is 113 Å². The third kappa shape index (κ3) is 2.37. The number of carbonyl (C=O) groups is 1. The van der Waals surface area contributed by atoms with Crippen molar-refractivity contribution in [3.8, 4) is 0 Å². The molecule has 1 aromatic rings. The Kier molecular flexibility index (Phi) is 4.53. The second-order valence-corrected chi connectivity index (χ2v) is 4.56. The quantitative estimate of drug-likeness (QED) is 0.405. The number of aliphatic hydroxyl groups excluding tert-OH is 5. The minimum atomic E-state index is -1.54. The number of aliphatic hydroxyl groups is 5. The molecule has 8 heteroatoms. The van der Waals surface area contributed by atoms with Crippen LogP contribution in [0.1, 0.15) is 27.8 Å². The normalized spacial score (nSPS) is 34.1. The van der Waals surface area contributed by atoms with E-state index in [1.807, 2.05) is 0 Å². The van der Waals surface area contributed by atoms with Gasteiger partial charge in [0.05, 0.1) is 19.5 Å². The molecular weight excluding hydrogens is 272 g/mol. The third-order valence-corrected chi connectivity index (χ3v) is 3.42. The number of hydrogen-bond donors (Lipinski definition) is 5. The van der Waals surface area contributed by atoms with E-state index in [4.69, 9.17) is 14.3 Å². The summed E-state index contributed by atoms with van der Waals surface area (Å²) in [6, 6.07) is 0. The van der Waals surface area contributed by atoms with Crippen molar-refractivity contribution < 1.29 is 39.5 Å². The lowest BCUT2D eigenvalue weighted by atomic mass is 9.90. The molecule has 2 heterocycles. The molecule has 0 bridgehead atoms. The molecule has 1 aromatic heterocycles. The van der Waals surface area contributed by atoms with Gasteiger partial charge in [-0.2, -0.15) is 0 Å². The summed E-state index contributed by atoms with van der Waals surface area (Å²) in [4.78, 5) is 10.8. The first-order valence-corrected chi connectivity index (χ1v) is 6.02. The standard InChI is InChI=1S/C12H16O8/c13-1-5-6(4-19-7(5)2-14)12-11(18)10(17)9(16)8(3-15)20-12/h2,4,8-13,15-18H,1,3H2/t8-,9-,10+,11-,12?/m1/s1. The summed E-state index contributed by atoms with van der Waals surface area (Å²) in [7, 11) is 0. The van der Waals surface area contributed by atoms with Gasteiger partial charge in [-0.05, 0) is 0 Å². The Morgan fingerprint density at radius 2 is 1.85 bits per heavy atom. The average Bonchev–Trinajstić information content (AvgIpc) is 2.88. The van der Waals surface area contributed by atoms with Gasteiger partial charge in [-0.15, -0.1) is 0 Å². The average molecular weight is 288 g/mol. The van der Waals surface area contributed by atoms with Crippen molar-refractivity contribution in [2.24, 2.45) is 0 Å². The molecule has 1 aliphatic rings. The fourth-order valence-electron chi connectivity index (χ4n) is 2.28. The zero-order valence-electron chi connectivity index (χ0n) is 10.4. The molecule has 112 valence electrons. The van der Waals surface area contributed by atoms with Crippen LogP contribution in [-0.2, 0) is 11.3 Å². The van der Waals surface area contributed by atoms with E-state index in [1.165, 1.54) is 0 Å². The maximum absolute atomic E-state index is 10.8. The summed E-state index contributed by atoms with van der Waals surface area (Å²) in [5, 5.41) is 47.7. The van der Waals surface area contributed by atoms with Crippen molar-refractivity contribution in [2.45, 2.75) is 37.1 Å². The fraction of sp³-hybridized carbons (Fsp3) is 0.583. The summed E-state index contributed by atoms with van der Waals surface area (Å²) in [5.41, 5.74) is 0.316. The van der Waals surface area contributed by atoms with Gasteiger partial charge >= 0.3 is 0 Å². The molecule has 1 unspecified atom stereocenters. The minimum absolute atomic E-state index is 0.112. The number of carbonyl (C=O) groups excluding carboxylic acids is 1. The SMILES string of the molecule is O=Cc1occ(C2O[C@H](CO)[C@@H](O)[C@H](O)[C@H]2O)c1CO. The van der Waals surface area contributed by atoms with Crippen molar-refractivity contribution in [3.63, 3.8) is 0 Å². The van der Waals surface area contributed by atoms with Gasteiger partial charge in [0.15, 0.2) is 12.0 Å². The van der Waals surface area contributed by atoms with Gasteiger partial charge in [0.2, 0.25) is 0 Å². The fourth-order valence-corrected chi connectivity index (χ4v) is 2.28. The van der Waals surface area contributed by atoms with Gasteiger partial charge < -0.3 is 34.7 Å². The number of hydrogen-bond acceptors (Lipinski definition) is 8. The van der Waals surface area contributed by atoms with Gasteiger partial charge in [-0.25, -0.2) is 0 Å². The van der Waals surface area contributed by atoms with Gasteiger partial charge in [-0.3, -0.25) is 4.79 Å². The number of aldehydes is 1. The van der Waals surface area contributed by atoms with Crippen LogP contribution in [0.15, 0.2) is 10.7 Å². The first-order chi connectivity index (χ1) is 9.54. The molecule has 0 radical (unpaired) electrons. The lowest BCUT2D eigenvalue weighted by Crippen LogP contribution is -2.55. The van der Waals surface area contributed by atoms with Gasteiger partial charge in [0.1, 0.15) is 30.5 Å². The lowest BCUT2D eigenvalue weighted by Gasteiger charge is -2.40. The smallest absolute Gasteiger partial charge is 0.185 e. The minimum Gasteiger partial charge on any atom is -0.461 e. The molecule has 5 atom stereocenters. The van der Waals surface area contributed by atoms with E-state index in [0.717, 1.165) is 6.26 Å². The summed E-state index contributed by atoms with van der Waals surface area (Å²) >= 11 is 0. The zero-order chi connectivity index (χ0) is 14.9. The van der Waals surface area contributed by atoms with Crippen LogP contribution in [0.2, 0.25) is 0 Å².